The van der Waals surface area contributed by atoms with Crippen LogP contribution in [0.4, 0.5) is 0 Å². The molecular weight excluding hydrogens is 306 g/mol. The van der Waals surface area contributed by atoms with Crippen molar-refractivity contribution >= 4 is 5.91 Å². The Labute approximate surface area is 141 Å². The number of ether oxygens (including phenoxy) is 2. The van der Waals surface area contributed by atoms with Crippen molar-refractivity contribution < 1.29 is 14.3 Å². The zero-order chi connectivity index (χ0) is 16.5. The molecule has 1 aromatic carbocycles. The molecule has 2 fully saturated rings. The van der Waals surface area contributed by atoms with E-state index < -0.39 is 0 Å². The molecule has 0 bridgehead atoms. The van der Waals surface area contributed by atoms with Crippen LogP contribution in [0, 0.1) is 0 Å². The predicted octanol–water partition coefficient (Wildman–Crippen LogP) is 2.27. The molecule has 1 saturated heterocycles. The van der Waals surface area contributed by atoms with Gasteiger partial charge in [0.05, 0.1) is 31.5 Å². The molecule has 0 unspecified atom stereocenters. The van der Waals surface area contributed by atoms with Crippen molar-refractivity contribution in [1.29, 1.82) is 0 Å². The van der Waals surface area contributed by atoms with Crippen LogP contribution in [0.3, 0.4) is 0 Å². The average Bonchev–Trinajstić information content (AvgIpc) is 3.30. The molecule has 24 heavy (non-hydrogen) atoms. The molecular formula is C18H21N3O3. The molecule has 6 heteroatoms. The smallest absolute Gasteiger partial charge is 0.274 e. The summed E-state index contributed by atoms with van der Waals surface area (Å²) in [5.74, 6) is 0.797. The average molecular weight is 327 g/mol. The van der Waals surface area contributed by atoms with E-state index in [0.29, 0.717) is 18.8 Å². The van der Waals surface area contributed by atoms with Gasteiger partial charge in [-0.2, -0.15) is 5.10 Å². The van der Waals surface area contributed by atoms with Crippen LogP contribution < -0.4 is 4.74 Å². The number of benzene rings is 1. The van der Waals surface area contributed by atoms with E-state index >= 15 is 0 Å². The summed E-state index contributed by atoms with van der Waals surface area (Å²) in [6.07, 6.45) is 5.22. The van der Waals surface area contributed by atoms with Crippen molar-refractivity contribution in [2.24, 2.45) is 0 Å². The number of rotatable bonds is 3. The molecule has 1 saturated carbocycles. The van der Waals surface area contributed by atoms with Crippen molar-refractivity contribution in [2.45, 2.75) is 31.4 Å². The molecule has 1 aliphatic heterocycles. The first-order chi connectivity index (χ1) is 11.8. The second kappa shape index (κ2) is 6.28. The van der Waals surface area contributed by atoms with Gasteiger partial charge in [-0.15, -0.1) is 0 Å². The van der Waals surface area contributed by atoms with E-state index in [1.807, 2.05) is 35.4 Å². The quantitative estimate of drug-likeness (QED) is 0.868. The Morgan fingerprint density at radius 3 is 2.88 bits per heavy atom. The lowest BCUT2D eigenvalue weighted by atomic mass is 10.1. The SMILES string of the molecule is COc1ccc(-n2ccc(C(=O)N3CCO[C@@H]4CCC[C@@H]43)n2)cc1. The highest BCUT2D eigenvalue weighted by Crippen LogP contribution is 2.30. The minimum Gasteiger partial charge on any atom is -0.497 e. The molecule has 1 amide bonds. The van der Waals surface area contributed by atoms with Crippen molar-refractivity contribution in [3.8, 4) is 11.4 Å². The van der Waals surface area contributed by atoms with E-state index in [-0.39, 0.29) is 18.1 Å². The third-order valence-electron chi connectivity index (χ3n) is 4.89. The van der Waals surface area contributed by atoms with Gasteiger partial charge in [0, 0.05) is 12.7 Å². The first-order valence-electron chi connectivity index (χ1n) is 8.39. The van der Waals surface area contributed by atoms with Crippen molar-refractivity contribution in [3.63, 3.8) is 0 Å². The van der Waals surface area contributed by atoms with Crippen LogP contribution in [0.2, 0.25) is 0 Å². The summed E-state index contributed by atoms with van der Waals surface area (Å²) in [6.45, 7) is 1.27. The summed E-state index contributed by atoms with van der Waals surface area (Å²) < 4.78 is 12.7. The molecule has 4 rings (SSSR count). The van der Waals surface area contributed by atoms with Gasteiger partial charge in [-0.3, -0.25) is 4.79 Å². The molecule has 6 nitrogen and oxygen atoms in total. The summed E-state index contributed by atoms with van der Waals surface area (Å²) in [5, 5.41) is 4.47. The van der Waals surface area contributed by atoms with Crippen LogP contribution in [0.15, 0.2) is 36.5 Å². The Morgan fingerprint density at radius 2 is 2.08 bits per heavy atom. The molecule has 0 N–H and O–H groups in total. The zero-order valence-corrected chi connectivity index (χ0v) is 13.7. The van der Waals surface area contributed by atoms with Gasteiger partial charge in [0.15, 0.2) is 5.69 Å². The fourth-order valence-electron chi connectivity index (χ4n) is 3.64. The van der Waals surface area contributed by atoms with E-state index in [9.17, 15) is 4.79 Å². The highest BCUT2D eigenvalue weighted by molar-refractivity contribution is 5.92. The van der Waals surface area contributed by atoms with Crippen LogP contribution >= 0.6 is 0 Å². The number of nitrogens with zero attached hydrogens (tertiary/aromatic N) is 3. The largest absolute Gasteiger partial charge is 0.497 e. The van der Waals surface area contributed by atoms with Crippen molar-refractivity contribution in [3.05, 3.63) is 42.2 Å². The van der Waals surface area contributed by atoms with E-state index in [1.165, 1.54) is 0 Å². The Morgan fingerprint density at radius 1 is 1.25 bits per heavy atom. The topological polar surface area (TPSA) is 56.6 Å². The second-order valence-corrected chi connectivity index (χ2v) is 6.25. The van der Waals surface area contributed by atoms with Gasteiger partial charge in [0.2, 0.25) is 0 Å². The van der Waals surface area contributed by atoms with E-state index in [4.69, 9.17) is 9.47 Å². The number of methoxy groups -OCH3 is 1. The molecule has 2 aromatic rings. The van der Waals surface area contributed by atoms with Gasteiger partial charge in [-0.1, -0.05) is 0 Å². The number of hydrogen-bond acceptors (Lipinski definition) is 4. The fourth-order valence-corrected chi connectivity index (χ4v) is 3.64. The van der Waals surface area contributed by atoms with E-state index in [2.05, 4.69) is 5.10 Å². The number of carbonyl (C=O) groups is 1. The van der Waals surface area contributed by atoms with Gasteiger partial charge >= 0.3 is 0 Å². The summed E-state index contributed by atoms with van der Waals surface area (Å²) in [4.78, 5) is 14.8. The number of carbonyl (C=O) groups excluding carboxylic acids is 1. The van der Waals surface area contributed by atoms with Gasteiger partial charge in [0.1, 0.15) is 5.75 Å². The van der Waals surface area contributed by atoms with Crippen molar-refractivity contribution in [2.75, 3.05) is 20.3 Å². The summed E-state index contributed by atoms with van der Waals surface area (Å²) in [7, 11) is 1.64. The molecule has 2 aliphatic rings. The Balaban J connectivity index is 1.54. The first-order valence-corrected chi connectivity index (χ1v) is 8.39. The zero-order valence-electron chi connectivity index (χ0n) is 13.7. The lowest BCUT2D eigenvalue weighted by Crippen LogP contribution is -2.51. The molecule has 0 spiro atoms. The highest BCUT2D eigenvalue weighted by atomic mass is 16.5. The molecule has 0 radical (unpaired) electrons. The summed E-state index contributed by atoms with van der Waals surface area (Å²) >= 11 is 0. The first kappa shape index (κ1) is 15.2. The number of amides is 1. The fraction of sp³-hybridized carbons (Fsp3) is 0.444. The molecule has 1 aromatic heterocycles. The molecule has 2 heterocycles. The standard InChI is InChI=1S/C18H21N3O3/c1-23-14-7-5-13(6-8-14)21-10-9-15(19-21)18(22)20-11-12-24-17-4-2-3-16(17)20/h5-10,16-17H,2-4,11-12H2,1H3/t16-,17+/m0/s1. The highest BCUT2D eigenvalue weighted by Gasteiger charge is 2.39. The number of hydrogen-bond donors (Lipinski definition) is 0. The summed E-state index contributed by atoms with van der Waals surface area (Å²) in [5.41, 5.74) is 1.38. The maximum absolute atomic E-state index is 12.9. The second-order valence-electron chi connectivity index (χ2n) is 6.25. The van der Waals surface area contributed by atoms with E-state index in [0.717, 1.165) is 30.7 Å². The third-order valence-corrected chi connectivity index (χ3v) is 4.89. The number of aromatic nitrogens is 2. The van der Waals surface area contributed by atoms with Crippen LogP contribution in [-0.2, 0) is 4.74 Å². The Hall–Kier alpha value is -2.34. The Bertz CT molecular complexity index is 725. The number of morpholine rings is 1. The monoisotopic (exact) mass is 327 g/mol. The Kier molecular flexibility index (Phi) is 3.98. The minimum absolute atomic E-state index is 0.00228. The van der Waals surface area contributed by atoms with Crippen LogP contribution in [0.5, 0.6) is 5.75 Å². The predicted molar refractivity (Wildman–Crippen MR) is 88.5 cm³/mol. The van der Waals surface area contributed by atoms with Gasteiger partial charge in [-0.05, 0) is 49.6 Å². The molecule has 1 aliphatic carbocycles. The number of fused-ring (bicyclic) bond motifs is 1. The third kappa shape index (κ3) is 2.67. The van der Waals surface area contributed by atoms with Gasteiger partial charge in [0.25, 0.3) is 5.91 Å². The molecule has 126 valence electrons. The van der Waals surface area contributed by atoms with Crippen LogP contribution in [0.1, 0.15) is 29.8 Å². The van der Waals surface area contributed by atoms with Gasteiger partial charge in [-0.25, -0.2) is 4.68 Å². The van der Waals surface area contributed by atoms with Crippen molar-refractivity contribution in [1.82, 2.24) is 14.7 Å². The molecule has 2 atom stereocenters. The van der Waals surface area contributed by atoms with Crippen LogP contribution in [-0.4, -0.2) is 53.0 Å². The minimum atomic E-state index is 0.00228. The summed E-state index contributed by atoms with van der Waals surface area (Å²) in [6, 6.07) is 9.58. The maximum Gasteiger partial charge on any atom is 0.274 e. The van der Waals surface area contributed by atoms with Crippen LogP contribution in [0.25, 0.3) is 5.69 Å². The maximum atomic E-state index is 12.9. The lowest BCUT2D eigenvalue weighted by molar-refractivity contribution is -0.0447. The van der Waals surface area contributed by atoms with E-state index in [1.54, 1.807) is 17.9 Å². The normalized spacial score (nSPS) is 23.1. The van der Waals surface area contributed by atoms with Gasteiger partial charge < -0.3 is 14.4 Å². The lowest BCUT2D eigenvalue weighted by Gasteiger charge is -2.37.